The molecule has 0 aromatic heterocycles. The summed E-state index contributed by atoms with van der Waals surface area (Å²) in [5.74, 6) is 0.588. The SMILES string of the molecule is COc1cc(C)c(/C=N/NC(=O)COc2ccccc2[N+](=O)[O-])cc1OC. The summed E-state index contributed by atoms with van der Waals surface area (Å²) in [4.78, 5) is 22.2. The minimum Gasteiger partial charge on any atom is -0.493 e. The number of ether oxygens (including phenoxy) is 3. The number of hydrogen-bond acceptors (Lipinski definition) is 7. The van der Waals surface area contributed by atoms with Crippen molar-refractivity contribution in [2.24, 2.45) is 5.10 Å². The van der Waals surface area contributed by atoms with Crippen molar-refractivity contribution in [2.75, 3.05) is 20.8 Å². The van der Waals surface area contributed by atoms with Gasteiger partial charge in [-0.25, -0.2) is 5.43 Å². The maximum absolute atomic E-state index is 11.8. The van der Waals surface area contributed by atoms with Crippen LogP contribution in [0, 0.1) is 17.0 Å². The van der Waals surface area contributed by atoms with E-state index in [1.165, 1.54) is 31.5 Å². The molecule has 0 saturated heterocycles. The van der Waals surface area contributed by atoms with Gasteiger partial charge in [0.25, 0.3) is 5.91 Å². The summed E-state index contributed by atoms with van der Waals surface area (Å²) in [6.45, 7) is 1.45. The zero-order valence-corrected chi connectivity index (χ0v) is 15.1. The first-order chi connectivity index (χ1) is 13.0. The van der Waals surface area contributed by atoms with Crippen LogP contribution in [0.4, 0.5) is 5.69 Å². The van der Waals surface area contributed by atoms with Crippen LogP contribution in [0.5, 0.6) is 17.2 Å². The number of carbonyl (C=O) groups excluding carboxylic acids is 1. The minimum atomic E-state index is -0.578. The van der Waals surface area contributed by atoms with Gasteiger partial charge in [0.05, 0.1) is 25.4 Å². The molecule has 0 bridgehead atoms. The van der Waals surface area contributed by atoms with Crippen molar-refractivity contribution in [1.29, 1.82) is 0 Å². The normalized spacial score (nSPS) is 10.5. The molecule has 2 aromatic rings. The van der Waals surface area contributed by atoms with Gasteiger partial charge in [-0.3, -0.25) is 14.9 Å². The van der Waals surface area contributed by atoms with Gasteiger partial charge >= 0.3 is 5.69 Å². The van der Waals surface area contributed by atoms with Gasteiger partial charge in [-0.05, 0) is 30.7 Å². The Labute approximate surface area is 155 Å². The number of nitrogens with zero attached hydrogens (tertiary/aromatic N) is 2. The molecule has 0 aliphatic carbocycles. The van der Waals surface area contributed by atoms with Crippen LogP contribution in [0.1, 0.15) is 11.1 Å². The van der Waals surface area contributed by atoms with Gasteiger partial charge in [0.15, 0.2) is 23.9 Å². The van der Waals surface area contributed by atoms with Crippen LogP contribution in [0.2, 0.25) is 0 Å². The molecular weight excluding hydrogens is 354 g/mol. The lowest BCUT2D eigenvalue weighted by Gasteiger charge is -2.10. The Morgan fingerprint density at radius 3 is 2.52 bits per heavy atom. The first-order valence-electron chi connectivity index (χ1n) is 7.87. The molecule has 0 aliphatic heterocycles. The molecule has 0 heterocycles. The fourth-order valence-electron chi connectivity index (χ4n) is 2.21. The van der Waals surface area contributed by atoms with Crippen molar-refractivity contribution in [3.05, 3.63) is 57.6 Å². The largest absolute Gasteiger partial charge is 0.493 e. The molecule has 0 aliphatic rings. The number of rotatable bonds is 8. The quantitative estimate of drug-likeness (QED) is 0.432. The van der Waals surface area contributed by atoms with Gasteiger partial charge in [-0.1, -0.05) is 12.1 Å². The highest BCUT2D eigenvalue weighted by Gasteiger charge is 2.14. The molecule has 2 rings (SSSR count). The van der Waals surface area contributed by atoms with Gasteiger partial charge in [0.2, 0.25) is 0 Å². The Morgan fingerprint density at radius 2 is 1.85 bits per heavy atom. The number of hydrogen-bond donors (Lipinski definition) is 1. The van der Waals surface area contributed by atoms with Gasteiger partial charge in [-0.15, -0.1) is 0 Å². The topological polar surface area (TPSA) is 112 Å². The highest BCUT2D eigenvalue weighted by atomic mass is 16.6. The van der Waals surface area contributed by atoms with Crippen LogP contribution in [-0.2, 0) is 4.79 Å². The molecule has 0 spiro atoms. The molecule has 0 fully saturated rings. The van der Waals surface area contributed by atoms with Crippen LogP contribution in [-0.4, -0.2) is 37.9 Å². The van der Waals surface area contributed by atoms with Crippen molar-refractivity contribution < 1.29 is 23.9 Å². The first kappa shape index (κ1) is 19.7. The predicted molar refractivity (Wildman–Crippen MR) is 98.6 cm³/mol. The van der Waals surface area contributed by atoms with E-state index in [2.05, 4.69) is 10.5 Å². The number of aryl methyl sites for hydroxylation is 1. The molecule has 0 saturated carbocycles. The molecule has 9 nitrogen and oxygen atoms in total. The highest BCUT2D eigenvalue weighted by Crippen LogP contribution is 2.29. The van der Waals surface area contributed by atoms with Gasteiger partial charge in [-0.2, -0.15) is 5.10 Å². The Hall–Kier alpha value is -3.62. The first-order valence-corrected chi connectivity index (χ1v) is 7.87. The molecule has 142 valence electrons. The number of hydrazone groups is 1. The van der Waals surface area contributed by atoms with E-state index in [9.17, 15) is 14.9 Å². The van der Waals surface area contributed by atoms with Crippen molar-refractivity contribution >= 4 is 17.8 Å². The molecule has 0 atom stereocenters. The van der Waals surface area contributed by atoms with E-state index in [1.807, 2.05) is 6.92 Å². The van der Waals surface area contributed by atoms with E-state index in [-0.39, 0.29) is 11.4 Å². The van der Waals surface area contributed by atoms with E-state index >= 15 is 0 Å². The lowest BCUT2D eigenvalue weighted by Crippen LogP contribution is -2.24. The second-order valence-corrected chi connectivity index (χ2v) is 5.37. The van der Waals surface area contributed by atoms with Gasteiger partial charge in [0.1, 0.15) is 0 Å². The smallest absolute Gasteiger partial charge is 0.310 e. The maximum atomic E-state index is 11.8. The standard InChI is InChI=1S/C18H19N3O6/c1-12-8-16(25-2)17(26-3)9-13(12)10-19-20-18(22)11-27-15-7-5-4-6-14(15)21(23)24/h4-10H,11H2,1-3H3,(H,20,22)/b19-10+. The van der Waals surface area contributed by atoms with Crippen molar-refractivity contribution in [3.63, 3.8) is 0 Å². The summed E-state index contributed by atoms with van der Waals surface area (Å²) in [5.41, 5.74) is 3.70. The van der Waals surface area contributed by atoms with Crippen LogP contribution in [0.15, 0.2) is 41.5 Å². The summed E-state index contributed by atoms with van der Waals surface area (Å²) >= 11 is 0. The molecular formula is C18H19N3O6. The summed E-state index contributed by atoms with van der Waals surface area (Å²) in [7, 11) is 3.07. The Morgan fingerprint density at radius 1 is 1.19 bits per heavy atom. The number of amides is 1. The second-order valence-electron chi connectivity index (χ2n) is 5.37. The maximum Gasteiger partial charge on any atom is 0.310 e. The van der Waals surface area contributed by atoms with Crippen LogP contribution < -0.4 is 19.6 Å². The molecule has 0 radical (unpaired) electrons. The zero-order chi connectivity index (χ0) is 19.8. The van der Waals surface area contributed by atoms with Gasteiger partial charge in [0, 0.05) is 11.6 Å². The third kappa shape index (κ3) is 5.18. The molecule has 27 heavy (non-hydrogen) atoms. The lowest BCUT2D eigenvalue weighted by molar-refractivity contribution is -0.385. The van der Waals surface area contributed by atoms with Crippen molar-refractivity contribution in [1.82, 2.24) is 5.43 Å². The summed E-state index contributed by atoms with van der Waals surface area (Å²) in [6, 6.07) is 9.33. The number of nitro groups is 1. The van der Waals surface area contributed by atoms with E-state index in [1.54, 1.807) is 25.3 Å². The van der Waals surface area contributed by atoms with Crippen LogP contribution >= 0.6 is 0 Å². The van der Waals surface area contributed by atoms with E-state index in [4.69, 9.17) is 14.2 Å². The summed E-state index contributed by atoms with van der Waals surface area (Å²) < 4.78 is 15.6. The van der Waals surface area contributed by atoms with Gasteiger partial charge < -0.3 is 14.2 Å². The fourth-order valence-corrected chi connectivity index (χ4v) is 2.21. The number of benzene rings is 2. The lowest BCUT2D eigenvalue weighted by atomic mass is 10.1. The van der Waals surface area contributed by atoms with E-state index in [0.717, 1.165) is 11.1 Å². The summed E-state index contributed by atoms with van der Waals surface area (Å²) in [6.07, 6.45) is 1.46. The minimum absolute atomic E-state index is 0.0114. The summed E-state index contributed by atoms with van der Waals surface area (Å²) in [5, 5.41) is 14.8. The zero-order valence-electron chi connectivity index (χ0n) is 15.1. The monoisotopic (exact) mass is 373 g/mol. The average molecular weight is 373 g/mol. The molecule has 1 N–H and O–H groups in total. The number of nitro benzene ring substituents is 1. The number of carbonyl (C=O) groups is 1. The third-order valence-electron chi connectivity index (χ3n) is 3.59. The second kappa shape index (κ2) is 9.18. The highest BCUT2D eigenvalue weighted by molar-refractivity contribution is 5.85. The van der Waals surface area contributed by atoms with Crippen LogP contribution in [0.3, 0.4) is 0 Å². The number of para-hydroxylation sites is 2. The van der Waals surface area contributed by atoms with Crippen molar-refractivity contribution in [3.8, 4) is 17.2 Å². The number of nitrogens with one attached hydrogen (secondary N) is 1. The molecule has 9 heteroatoms. The Balaban J connectivity index is 1.97. The Bertz CT molecular complexity index is 866. The number of methoxy groups -OCH3 is 2. The molecule has 1 amide bonds. The van der Waals surface area contributed by atoms with Crippen LogP contribution in [0.25, 0.3) is 0 Å². The molecule has 2 aromatic carbocycles. The van der Waals surface area contributed by atoms with Crippen molar-refractivity contribution in [2.45, 2.75) is 6.92 Å². The van der Waals surface area contributed by atoms with E-state index in [0.29, 0.717) is 11.5 Å². The third-order valence-corrected chi connectivity index (χ3v) is 3.59. The molecule has 0 unspecified atom stereocenters. The Kier molecular flexibility index (Phi) is 6.70. The average Bonchev–Trinajstić information content (AvgIpc) is 2.67. The fraction of sp³-hybridized carbons (Fsp3) is 0.222. The van der Waals surface area contributed by atoms with E-state index < -0.39 is 17.4 Å². The predicted octanol–water partition coefficient (Wildman–Crippen LogP) is 2.45.